The molecule has 3 saturated carbocycles. The minimum Gasteiger partial charge on any atom is -0.508 e. The van der Waals surface area contributed by atoms with Gasteiger partial charge in [-0.2, -0.15) is 0 Å². The summed E-state index contributed by atoms with van der Waals surface area (Å²) >= 11 is 0. The number of piperidine rings is 1. The van der Waals surface area contributed by atoms with Crippen molar-refractivity contribution in [1.29, 1.82) is 0 Å². The molecular weight excluding hydrogens is 472 g/mol. The van der Waals surface area contributed by atoms with E-state index in [4.69, 9.17) is 0 Å². The molecule has 2 N–H and O–H groups in total. The fourth-order valence-electron chi connectivity index (χ4n) is 9.50. The fraction of sp³-hybridized carbons (Fsp3) is 0.576. The molecule has 1 saturated heterocycles. The maximum atomic E-state index is 14.1. The van der Waals surface area contributed by atoms with Gasteiger partial charge in [0.05, 0.1) is 6.04 Å². The number of hydrogen-bond acceptors (Lipinski definition) is 3. The lowest BCUT2D eigenvalue weighted by Gasteiger charge is -2.61. The van der Waals surface area contributed by atoms with Crippen molar-refractivity contribution in [1.82, 2.24) is 10.2 Å². The first-order valence-electron chi connectivity index (χ1n) is 14.6. The van der Waals surface area contributed by atoms with Gasteiger partial charge in [0.1, 0.15) is 5.75 Å². The summed E-state index contributed by atoms with van der Waals surface area (Å²) in [5.74, 6) is 2.58. The van der Waals surface area contributed by atoms with Crippen LogP contribution in [0.3, 0.4) is 0 Å². The molecule has 5 heteroatoms. The largest absolute Gasteiger partial charge is 0.508 e. The number of phenolic OH excluding ortho intramolecular Hbond substituents is 1. The molecule has 1 aliphatic heterocycles. The monoisotopic (exact) mass is 514 g/mol. The van der Waals surface area contributed by atoms with Crippen LogP contribution in [0.25, 0.3) is 0 Å². The number of carbonyl (C=O) groups excluding carboxylic acids is 2. The number of hydrogen-bond donors (Lipinski definition) is 2. The number of likely N-dealkylation sites (tertiary alicyclic amines) is 1. The average Bonchev–Trinajstić information content (AvgIpc) is 3.28. The third kappa shape index (κ3) is 3.96. The Morgan fingerprint density at radius 2 is 1.58 bits per heavy atom. The van der Waals surface area contributed by atoms with E-state index in [-0.39, 0.29) is 34.4 Å². The molecule has 0 spiro atoms. The van der Waals surface area contributed by atoms with Crippen LogP contribution in [0.2, 0.25) is 0 Å². The first-order chi connectivity index (χ1) is 18.2. The molecule has 38 heavy (non-hydrogen) atoms. The maximum Gasteiger partial charge on any atom is 0.224 e. The Balaban J connectivity index is 1.23. The number of amides is 2. The number of rotatable bonds is 4. The van der Waals surface area contributed by atoms with Crippen molar-refractivity contribution in [3.8, 4) is 5.75 Å². The molecule has 4 aliphatic rings. The third-order valence-electron chi connectivity index (χ3n) is 11.5. The van der Waals surface area contributed by atoms with E-state index in [1.165, 1.54) is 6.42 Å². The van der Waals surface area contributed by atoms with E-state index in [9.17, 15) is 14.7 Å². The van der Waals surface area contributed by atoms with Crippen molar-refractivity contribution in [2.75, 3.05) is 7.05 Å². The van der Waals surface area contributed by atoms with Crippen molar-refractivity contribution in [3.05, 3.63) is 65.7 Å². The molecule has 2 aromatic rings. The second kappa shape index (κ2) is 9.43. The average molecular weight is 515 g/mol. The van der Waals surface area contributed by atoms with Gasteiger partial charge >= 0.3 is 0 Å². The highest BCUT2D eigenvalue weighted by Gasteiger charge is 2.62. The van der Waals surface area contributed by atoms with E-state index in [0.717, 1.165) is 49.7 Å². The lowest BCUT2D eigenvalue weighted by atomic mass is 9.47. The van der Waals surface area contributed by atoms with Crippen LogP contribution in [0.4, 0.5) is 0 Å². The summed E-state index contributed by atoms with van der Waals surface area (Å²) in [4.78, 5) is 28.6. The molecule has 0 bridgehead atoms. The van der Waals surface area contributed by atoms with Crippen LogP contribution in [0.5, 0.6) is 5.75 Å². The molecule has 3 unspecified atom stereocenters. The van der Waals surface area contributed by atoms with Crippen molar-refractivity contribution >= 4 is 11.8 Å². The number of aromatic hydroxyl groups is 1. The molecule has 6 rings (SSSR count). The molecule has 5 nitrogen and oxygen atoms in total. The first kappa shape index (κ1) is 25.5. The number of carbonyl (C=O) groups is 2. The van der Waals surface area contributed by atoms with Crippen molar-refractivity contribution in [3.63, 3.8) is 0 Å². The van der Waals surface area contributed by atoms with E-state index in [1.807, 2.05) is 37.4 Å². The summed E-state index contributed by atoms with van der Waals surface area (Å²) in [6, 6.07) is 17.5. The SMILES string of the molecule is CN1C(=O)CC[C@@]2(C)C1CC[C@@H]1[C@H]2CC[C@]2(C)C(C(=O)NC(c3ccccc3)c3ccc(O)cc3)CC[C@@H]12. The van der Waals surface area contributed by atoms with Crippen LogP contribution in [0.1, 0.15) is 82.4 Å². The van der Waals surface area contributed by atoms with Gasteiger partial charge in [0.25, 0.3) is 0 Å². The van der Waals surface area contributed by atoms with E-state index in [2.05, 4.69) is 36.2 Å². The summed E-state index contributed by atoms with van der Waals surface area (Å²) in [7, 11) is 2.02. The van der Waals surface area contributed by atoms with E-state index in [1.54, 1.807) is 12.1 Å². The molecule has 1 heterocycles. The predicted octanol–water partition coefficient (Wildman–Crippen LogP) is 6.08. The Morgan fingerprint density at radius 1 is 0.895 bits per heavy atom. The topological polar surface area (TPSA) is 69.6 Å². The van der Waals surface area contributed by atoms with E-state index < -0.39 is 0 Å². The molecule has 2 aromatic carbocycles. The standard InChI is InChI=1S/C33H42N2O3/c1-32-19-17-26-24(13-16-28-33(26,2)20-18-29(37)35(28)3)25(32)14-15-27(32)31(38)34-30(21-7-5-4-6-8-21)22-9-11-23(36)12-10-22/h4-12,24-28,30,36H,13-20H2,1-3H3,(H,34,38)/t24-,25-,26+,27?,28?,30?,32-,33+/m0/s1. The third-order valence-corrected chi connectivity index (χ3v) is 11.5. The molecule has 0 aromatic heterocycles. The molecule has 8 atom stereocenters. The van der Waals surface area contributed by atoms with Gasteiger partial charge < -0.3 is 15.3 Å². The summed E-state index contributed by atoms with van der Waals surface area (Å²) in [6.45, 7) is 4.86. The summed E-state index contributed by atoms with van der Waals surface area (Å²) in [5, 5.41) is 13.3. The Bertz CT molecular complexity index is 1200. The Kier molecular flexibility index (Phi) is 6.32. The highest BCUT2D eigenvalue weighted by atomic mass is 16.3. The number of benzene rings is 2. The minimum absolute atomic E-state index is 0.0120. The zero-order valence-corrected chi connectivity index (χ0v) is 23.0. The summed E-state index contributed by atoms with van der Waals surface area (Å²) in [5.41, 5.74) is 2.25. The van der Waals surface area contributed by atoms with Gasteiger partial charge in [-0.25, -0.2) is 0 Å². The Morgan fingerprint density at radius 3 is 2.32 bits per heavy atom. The molecule has 2 amide bonds. The van der Waals surface area contributed by atoms with Crippen LogP contribution in [0.15, 0.2) is 54.6 Å². The zero-order valence-electron chi connectivity index (χ0n) is 23.0. The van der Waals surface area contributed by atoms with Crippen LogP contribution >= 0.6 is 0 Å². The molecule has 3 aliphatic carbocycles. The second-order valence-electron chi connectivity index (χ2n) is 13.1. The quantitative estimate of drug-likeness (QED) is 0.520. The molecular formula is C33H42N2O3. The van der Waals surface area contributed by atoms with Gasteiger partial charge in [0.15, 0.2) is 0 Å². The number of nitrogens with one attached hydrogen (secondary N) is 1. The minimum atomic E-state index is -0.243. The van der Waals surface area contributed by atoms with Crippen LogP contribution in [-0.4, -0.2) is 34.9 Å². The van der Waals surface area contributed by atoms with E-state index >= 15 is 0 Å². The van der Waals surface area contributed by atoms with Crippen molar-refractivity contribution < 1.29 is 14.7 Å². The Hall–Kier alpha value is -2.82. The van der Waals surface area contributed by atoms with Gasteiger partial charge in [-0.1, -0.05) is 56.3 Å². The zero-order chi connectivity index (χ0) is 26.7. The van der Waals surface area contributed by atoms with Crippen molar-refractivity contribution in [2.24, 2.45) is 34.5 Å². The predicted molar refractivity (Wildman–Crippen MR) is 148 cm³/mol. The number of fused-ring (bicyclic) bond motifs is 5. The second-order valence-corrected chi connectivity index (χ2v) is 13.1. The van der Waals surface area contributed by atoms with Crippen LogP contribution in [0, 0.1) is 34.5 Å². The van der Waals surface area contributed by atoms with Gasteiger partial charge in [-0.05, 0) is 96.8 Å². The molecule has 0 radical (unpaired) electrons. The highest BCUT2D eigenvalue weighted by Crippen LogP contribution is 2.66. The van der Waals surface area contributed by atoms with Gasteiger partial charge in [-0.3, -0.25) is 9.59 Å². The van der Waals surface area contributed by atoms with Crippen LogP contribution in [-0.2, 0) is 9.59 Å². The molecule has 4 fully saturated rings. The summed E-state index contributed by atoms with van der Waals surface area (Å²) < 4.78 is 0. The highest BCUT2D eigenvalue weighted by molar-refractivity contribution is 5.81. The Labute approximate surface area is 227 Å². The number of phenols is 1. The van der Waals surface area contributed by atoms with Crippen LogP contribution < -0.4 is 5.32 Å². The van der Waals surface area contributed by atoms with Gasteiger partial charge in [-0.15, -0.1) is 0 Å². The lowest BCUT2D eigenvalue weighted by Crippen LogP contribution is -2.61. The lowest BCUT2D eigenvalue weighted by molar-refractivity contribution is -0.159. The smallest absolute Gasteiger partial charge is 0.224 e. The van der Waals surface area contributed by atoms with Gasteiger partial charge in [0.2, 0.25) is 11.8 Å². The normalized spacial score (nSPS) is 37.1. The molecule has 202 valence electrons. The maximum absolute atomic E-state index is 14.1. The van der Waals surface area contributed by atoms with E-state index in [0.29, 0.717) is 36.1 Å². The summed E-state index contributed by atoms with van der Waals surface area (Å²) in [6.07, 6.45) is 8.30. The van der Waals surface area contributed by atoms with Crippen molar-refractivity contribution in [2.45, 2.75) is 77.3 Å². The first-order valence-corrected chi connectivity index (χ1v) is 14.6. The fourth-order valence-corrected chi connectivity index (χ4v) is 9.50. The number of nitrogens with zero attached hydrogens (tertiary/aromatic N) is 1. The van der Waals surface area contributed by atoms with Gasteiger partial charge in [0, 0.05) is 25.4 Å².